The molecule has 3 heterocycles. The number of nitrogens with one attached hydrogen (secondary N) is 1. The molecular formula is C21H27N3OS. The topological polar surface area (TPSA) is 35.6 Å². The highest BCUT2D eigenvalue weighted by Gasteiger charge is 2.28. The molecule has 2 aromatic rings. The zero-order chi connectivity index (χ0) is 17.9. The van der Waals surface area contributed by atoms with Gasteiger partial charge in [-0.25, -0.2) is 0 Å². The number of hydrogen-bond donors (Lipinski definition) is 1. The minimum absolute atomic E-state index is 0.0825. The number of carbonyl (C=O) groups is 1. The molecule has 2 aliphatic rings. The van der Waals surface area contributed by atoms with E-state index in [-0.39, 0.29) is 5.91 Å². The average Bonchev–Trinajstić information content (AvgIpc) is 3.37. The summed E-state index contributed by atoms with van der Waals surface area (Å²) in [7, 11) is 0. The Morgan fingerprint density at radius 1 is 1.08 bits per heavy atom. The molecule has 138 valence electrons. The largest absolute Gasteiger partial charge is 0.372 e. The van der Waals surface area contributed by atoms with Gasteiger partial charge >= 0.3 is 0 Å². The Kier molecular flexibility index (Phi) is 5.27. The lowest BCUT2D eigenvalue weighted by molar-refractivity contribution is -0.117. The van der Waals surface area contributed by atoms with Crippen LogP contribution in [-0.2, 0) is 4.79 Å². The third kappa shape index (κ3) is 3.94. The van der Waals surface area contributed by atoms with E-state index in [4.69, 9.17) is 0 Å². The molecule has 0 aliphatic carbocycles. The van der Waals surface area contributed by atoms with E-state index in [1.54, 1.807) is 0 Å². The van der Waals surface area contributed by atoms with Gasteiger partial charge in [-0.2, -0.15) is 0 Å². The van der Waals surface area contributed by atoms with E-state index >= 15 is 0 Å². The van der Waals surface area contributed by atoms with E-state index in [9.17, 15) is 4.79 Å². The molecule has 0 saturated carbocycles. The summed E-state index contributed by atoms with van der Waals surface area (Å²) < 4.78 is 0. The standard InChI is InChI=1S/C21H27N3OS/c1-16-6-11-20(26-16)19-5-4-14-24(19)15-21(25)22-17-7-9-18(10-8-17)23-12-2-3-13-23/h6-11,19H,2-5,12-15H2,1H3,(H,22,25). The Morgan fingerprint density at radius 3 is 2.54 bits per heavy atom. The normalized spacial score (nSPS) is 20.7. The van der Waals surface area contributed by atoms with E-state index in [1.807, 2.05) is 23.5 Å². The van der Waals surface area contributed by atoms with Crippen molar-refractivity contribution >= 4 is 28.6 Å². The SMILES string of the molecule is Cc1ccc(C2CCCN2CC(=O)Nc2ccc(N3CCCC3)cc2)s1. The number of thiophene rings is 1. The maximum atomic E-state index is 12.5. The Balaban J connectivity index is 1.34. The molecule has 26 heavy (non-hydrogen) atoms. The molecule has 1 N–H and O–H groups in total. The second kappa shape index (κ2) is 7.80. The lowest BCUT2D eigenvalue weighted by Gasteiger charge is -2.23. The van der Waals surface area contributed by atoms with Gasteiger partial charge in [0.1, 0.15) is 0 Å². The Bertz CT molecular complexity index is 749. The van der Waals surface area contributed by atoms with Crippen LogP contribution in [0.2, 0.25) is 0 Å². The molecule has 4 rings (SSSR count). The zero-order valence-corrected chi connectivity index (χ0v) is 16.2. The van der Waals surface area contributed by atoms with E-state index in [0.29, 0.717) is 12.6 Å². The third-order valence-electron chi connectivity index (χ3n) is 5.42. The van der Waals surface area contributed by atoms with Gasteiger partial charge in [0.25, 0.3) is 0 Å². The minimum atomic E-state index is 0.0825. The maximum absolute atomic E-state index is 12.5. The van der Waals surface area contributed by atoms with Crippen LogP contribution in [0.4, 0.5) is 11.4 Å². The molecule has 5 heteroatoms. The highest BCUT2D eigenvalue weighted by atomic mass is 32.1. The first-order valence-corrected chi connectivity index (χ1v) is 10.5. The quantitative estimate of drug-likeness (QED) is 0.847. The Morgan fingerprint density at radius 2 is 1.85 bits per heavy atom. The van der Waals surface area contributed by atoms with Gasteiger partial charge < -0.3 is 10.2 Å². The average molecular weight is 370 g/mol. The molecule has 2 fully saturated rings. The van der Waals surface area contributed by atoms with Crippen LogP contribution >= 0.6 is 11.3 Å². The highest BCUT2D eigenvalue weighted by molar-refractivity contribution is 7.12. The predicted molar refractivity (Wildman–Crippen MR) is 109 cm³/mol. The molecule has 1 atom stereocenters. The maximum Gasteiger partial charge on any atom is 0.238 e. The van der Waals surface area contributed by atoms with Gasteiger partial charge in [-0.05, 0) is 75.5 Å². The summed E-state index contributed by atoms with van der Waals surface area (Å²) in [4.78, 5) is 20.0. The van der Waals surface area contributed by atoms with Crippen LogP contribution in [0.5, 0.6) is 0 Å². The number of nitrogens with zero attached hydrogens (tertiary/aromatic N) is 2. The van der Waals surface area contributed by atoms with E-state index in [0.717, 1.165) is 31.7 Å². The summed E-state index contributed by atoms with van der Waals surface area (Å²) in [6.07, 6.45) is 4.87. The molecule has 0 spiro atoms. The number of likely N-dealkylation sites (tertiary alicyclic amines) is 1. The lowest BCUT2D eigenvalue weighted by atomic mass is 10.2. The smallest absolute Gasteiger partial charge is 0.238 e. The predicted octanol–water partition coefficient (Wildman–Crippen LogP) is 4.43. The molecule has 1 aromatic carbocycles. The fraction of sp³-hybridized carbons (Fsp3) is 0.476. The Hall–Kier alpha value is -1.85. The molecule has 2 aliphatic heterocycles. The number of amides is 1. The van der Waals surface area contributed by atoms with Crippen molar-refractivity contribution in [2.45, 2.75) is 38.6 Å². The van der Waals surface area contributed by atoms with Crippen LogP contribution in [0.15, 0.2) is 36.4 Å². The molecule has 2 saturated heterocycles. The first-order valence-electron chi connectivity index (χ1n) is 9.64. The van der Waals surface area contributed by atoms with Crippen LogP contribution < -0.4 is 10.2 Å². The fourth-order valence-corrected chi connectivity index (χ4v) is 5.13. The van der Waals surface area contributed by atoms with Crippen LogP contribution in [-0.4, -0.2) is 37.0 Å². The number of anilines is 2. The van der Waals surface area contributed by atoms with Gasteiger partial charge in [-0.15, -0.1) is 11.3 Å². The first-order chi connectivity index (χ1) is 12.7. The summed E-state index contributed by atoms with van der Waals surface area (Å²) in [5.74, 6) is 0.0825. The number of hydrogen-bond acceptors (Lipinski definition) is 4. The number of carbonyl (C=O) groups excluding carboxylic acids is 1. The van der Waals surface area contributed by atoms with Gasteiger partial charge in [0.05, 0.1) is 6.54 Å². The monoisotopic (exact) mass is 369 g/mol. The van der Waals surface area contributed by atoms with Gasteiger partial charge in [0.2, 0.25) is 5.91 Å². The number of rotatable bonds is 5. The van der Waals surface area contributed by atoms with Gasteiger partial charge in [0, 0.05) is 40.3 Å². The summed E-state index contributed by atoms with van der Waals surface area (Å²) in [6, 6.07) is 13.1. The molecule has 0 radical (unpaired) electrons. The summed E-state index contributed by atoms with van der Waals surface area (Å²) in [5, 5.41) is 3.07. The van der Waals surface area contributed by atoms with Crippen LogP contribution in [0.3, 0.4) is 0 Å². The van der Waals surface area contributed by atoms with Crippen LogP contribution in [0.1, 0.15) is 41.5 Å². The Labute approximate surface area is 159 Å². The van der Waals surface area contributed by atoms with Gasteiger partial charge in [0.15, 0.2) is 0 Å². The van der Waals surface area contributed by atoms with Crippen molar-refractivity contribution in [2.75, 3.05) is 36.4 Å². The molecule has 1 unspecified atom stereocenters. The zero-order valence-electron chi connectivity index (χ0n) is 15.4. The second-order valence-corrected chi connectivity index (χ2v) is 8.69. The van der Waals surface area contributed by atoms with E-state index in [1.165, 1.54) is 34.7 Å². The fourth-order valence-electron chi connectivity index (χ4n) is 4.09. The summed E-state index contributed by atoms with van der Waals surface area (Å²) in [6.45, 7) is 5.90. The van der Waals surface area contributed by atoms with Crippen LogP contribution in [0.25, 0.3) is 0 Å². The van der Waals surface area contributed by atoms with Crippen molar-refractivity contribution in [3.8, 4) is 0 Å². The summed E-state index contributed by atoms with van der Waals surface area (Å²) in [5.41, 5.74) is 2.15. The third-order valence-corrected chi connectivity index (χ3v) is 6.52. The van der Waals surface area contributed by atoms with E-state index in [2.05, 4.69) is 46.3 Å². The van der Waals surface area contributed by atoms with E-state index < -0.39 is 0 Å². The van der Waals surface area contributed by atoms with Crippen molar-refractivity contribution < 1.29 is 4.79 Å². The van der Waals surface area contributed by atoms with Gasteiger partial charge in [-0.3, -0.25) is 9.69 Å². The van der Waals surface area contributed by atoms with Crippen molar-refractivity contribution in [1.82, 2.24) is 4.90 Å². The first kappa shape index (κ1) is 17.6. The molecule has 4 nitrogen and oxygen atoms in total. The van der Waals surface area contributed by atoms with Crippen LogP contribution in [0, 0.1) is 6.92 Å². The highest BCUT2D eigenvalue weighted by Crippen LogP contribution is 2.35. The summed E-state index contributed by atoms with van der Waals surface area (Å²) >= 11 is 1.86. The van der Waals surface area contributed by atoms with Gasteiger partial charge in [-0.1, -0.05) is 0 Å². The number of benzene rings is 1. The minimum Gasteiger partial charge on any atom is -0.372 e. The molecule has 1 aromatic heterocycles. The second-order valence-electron chi connectivity index (χ2n) is 7.37. The molecule has 1 amide bonds. The molecular weight excluding hydrogens is 342 g/mol. The number of aryl methyl sites for hydroxylation is 1. The van der Waals surface area contributed by atoms with Crippen molar-refractivity contribution in [3.05, 3.63) is 46.2 Å². The van der Waals surface area contributed by atoms with Crippen molar-refractivity contribution in [3.63, 3.8) is 0 Å². The van der Waals surface area contributed by atoms with Crippen molar-refractivity contribution in [2.24, 2.45) is 0 Å². The lowest BCUT2D eigenvalue weighted by Crippen LogP contribution is -2.32. The molecule has 0 bridgehead atoms. The van der Waals surface area contributed by atoms with Crippen molar-refractivity contribution in [1.29, 1.82) is 0 Å².